The standard InChI is InChI=1S/C17H17N3O2/c18-13-6-4-5-12(9-13)11-19-15-10-16(21)20(17(15)22)14-7-2-1-3-8-14/h1-9,15,19H,10-11,18H2. The Labute approximate surface area is 128 Å². The lowest BCUT2D eigenvalue weighted by molar-refractivity contribution is -0.121. The molecule has 1 unspecified atom stereocenters. The molecule has 0 bridgehead atoms. The molecule has 22 heavy (non-hydrogen) atoms. The number of carbonyl (C=O) groups excluding carboxylic acids is 2. The summed E-state index contributed by atoms with van der Waals surface area (Å²) in [4.78, 5) is 25.8. The highest BCUT2D eigenvalue weighted by Gasteiger charge is 2.39. The third-order valence-electron chi connectivity index (χ3n) is 3.66. The fourth-order valence-electron chi connectivity index (χ4n) is 2.58. The zero-order chi connectivity index (χ0) is 15.5. The van der Waals surface area contributed by atoms with Gasteiger partial charge >= 0.3 is 0 Å². The van der Waals surface area contributed by atoms with E-state index in [9.17, 15) is 9.59 Å². The molecule has 5 nitrogen and oxygen atoms in total. The number of carbonyl (C=O) groups is 2. The molecule has 1 fully saturated rings. The van der Waals surface area contributed by atoms with Gasteiger partial charge in [0.15, 0.2) is 0 Å². The van der Waals surface area contributed by atoms with Gasteiger partial charge in [0.05, 0.1) is 18.2 Å². The lowest BCUT2D eigenvalue weighted by atomic mass is 10.2. The van der Waals surface area contributed by atoms with Gasteiger partial charge in [0.2, 0.25) is 5.91 Å². The number of hydrogen-bond acceptors (Lipinski definition) is 4. The second kappa shape index (κ2) is 5.99. The molecule has 1 aliphatic heterocycles. The smallest absolute Gasteiger partial charge is 0.251 e. The molecule has 0 aromatic heterocycles. The van der Waals surface area contributed by atoms with E-state index in [1.54, 1.807) is 12.1 Å². The van der Waals surface area contributed by atoms with Crippen molar-refractivity contribution in [1.82, 2.24) is 5.32 Å². The summed E-state index contributed by atoms with van der Waals surface area (Å²) in [5.74, 6) is -0.388. The zero-order valence-corrected chi connectivity index (χ0v) is 12.0. The maximum atomic E-state index is 12.4. The van der Waals surface area contributed by atoms with Crippen LogP contribution in [0.2, 0.25) is 0 Å². The molecule has 0 aliphatic carbocycles. The Hall–Kier alpha value is -2.66. The topological polar surface area (TPSA) is 75.4 Å². The lowest BCUT2D eigenvalue weighted by Crippen LogP contribution is -2.38. The van der Waals surface area contributed by atoms with Crippen molar-refractivity contribution in [3.05, 3.63) is 60.2 Å². The summed E-state index contributed by atoms with van der Waals surface area (Å²) in [6.07, 6.45) is 0.177. The van der Waals surface area contributed by atoms with Crippen LogP contribution in [0.25, 0.3) is 0 Å². The van der Waals surface area contributed by atoms with Crippen molar-refractivity contribution in [3.8, 4) is 0 Å². The number of hydrogen-bond donors (Lipinski definition) is 2. The SMILES string of the molecule is Nc1cccc(CNC2CC(=O)N(c3ccccc3)C2=O)c1. The first-order chi connectivity index (χ1) is 10.6. The number of para-hydroxylation sites is 1. The van der Waals surface area contributed by atoms with Crippen LogP contribution in [0, 0.1) is 0 Å². The van der Waals surface area contributed by atoms with Gasteiger partial charge in [-0.1, -0.05) is 30.3 Å². The van der Waals surface area contributed by atoms with Gasteiger partial charge in [-0.2, -0.15) is 0 Å². The van der Waals surface area contributed by atoms with Gasteiger partial charge in [-0.25, -0.2) is 4.90 Å². The van der Waals surface area contributed by atoms with Crippen molar-refractivity contribution in [3.63, 3.8) is 0 Å². The van der Waals surface area contributed by atoms with E-state index in [2.05, 4.69) is 5.32 Å². The molecular formula is C17H17N3O2. The molecule has 2 aromatic rings. The number of nitrogens with zero attached hydrogens (tertiary/aromatic N) is 1. The van der Waals surface area contributed by atoms with Crippen LogP contribution < -0.4 is 16.0 Å². The van der Waals surface area contributed by atoms with E-state index >= 15 is 0 Å². The Morgan fingerprint density at radius 1 is 1.09 bits per heavy atom. The van der Waals surface area contributed by atoms with Crippen molar-refractivity contribution in [2.45, 2.75) is 19.0 Å². The normalized spacial score (nSPS) is 18.0. The van der Waals surface area contributed by atoms with Gasteiger partial charge in [-0.15, -0.1) is 0 Å². The third-order valence-corrected chi connectivity index (χ3v) is 3.66. The highest BCUT2D eigenvalue weighted by molar-refractivity contribution is 6.22. The molecule has 1 atom stereocenters. The summed E-state index contributed by atoms with van der Waals surface area (Å²) >= 11 is 0. The first-order valence-electron chi connectivity index (χ1n) is 7.15. The average Bonchev–Trinajstić information content (AvgIpc) is 2.80. The van der Waals surface area contributed by atoms with Gasteiger partial charge in [0.1, 0.15) is 0 Å². The minimum atomic E-state index is -0.492. The number of benzene rings is 2. The Bertz CT molecular complexity index is 700. The Balaban J connectivity index is 1.69. The zero-order valence-electron chi connectivity index (χ0n) is 12.0. The number of anilines is 2. The van der Waals surface area contributed by atoms with E-state index in [4.69, 9.17) is 5.73 Å². The maximum absolute atomic E-state index is 12.4. The molecule has 1 saturated heterocycles. The second-order valence-electron chi connectivity index (χ2n) is 5.29. The van der Waals surface area contributed by atoms with Crippen molar-refractivity contribution in [1.29, 1.82) is 0 Å². The fourth-order valence-corrected chi connectivity index (χ4v) is 2.58. The number of imide groups is 1. The third kappa shape index (κ3) is 2.84. The maximum Gasteiger partial charge on any atom is 0.251 e. The molecule has 112 valence electrons. The minimum Gasteiger partial charge on any atom is -0.399 e. The van der Waals surface area contributed by atoms with Crippen molar-refractivity contribution in [2.75, 3.05) is 10.6 Å². The van der Waals surface area contributed by atoms with Crippen LogP contribution in [0.4, 0.5) is 11.4 Å². The molecule has 5 heteroatoms. The van der Waals surface area contributed by atoms with Crippen LogP contribution in [-0.4, -0.2) is 17.9 Å². The van der Waals surface area contributed by atoms with Gasteiger partial charge in [0.25, 0.3) is 5.91 Å². The summed E-state index contributed by atoms with van der Waals surface area (Å²) in [5, 5.41) is 3.14. The first-order valence-corrected chi connectivity index (χ1v) is 7.15. The largest absolute Gasteiger partial charge is 0.399 e. The van der Waals surface area contributed by atoms with E-state index < -0.39 is 6.04 Å². The van der Waals surface area contributed by atoms with Gasteiger partial charge in [-0.3, -0.25) is 9.59 Å². The fraction of sp³-hybridized carbons (Fsp3) is 0.176. The molecule has 2 aromatic carbocycles. The Kier molecular flexibility index (Phi) is 3.89. The monoisotopic (exact) mass is 295 g/mol. The van der Waals surface area contributed by atoms with Crippen molar-refractivity contribution >= 4 is 23.2 Å². The van der Waals surface area contributed by atoms with Crippen LogP contribution >= 0.6 is 0 Å². The number of amides is 2. The van der Waals surface area contributed by atoms with E-state index in [-0.39, 0.29) is 18.2 Å². The molecule has 0 radical (unpaired) electrons. The number of nitrogens with one attached hydrogen (secondary N) is 1. The highest BCUT2D eigenvalue weighted by Crippen LogP contribution is 2.22. The van der Waals surface area contributed by atoms with Gasteiger partial charge in [-0.05, 0) is 29.8 Å². The molecule has 0 saturated carbocycles. The predicted octanol–water partition coefficient (Wildman–Crippen LogP) is 1.69. The van der Waals surface area contributed by atoms with Gasteiger partial charge < -0.3 is 11.1 Å². The Morgan fingerprint density at radius 2 is 1.86 bits per heavy atom. The van der Waals surface area contributed by atoms with Crippen molar-refractivity contribution in [2.24, 2.45) is 0 Å². The number of rotatable bonds is 4. The van der Waals surface area contributed by atoms with Crippen LogP contribution in [0.3, 0.4) is 0 Å². The molecule has 1 heterocycles. The summed E-state index contributed by atoms with van der Waals surface area (Å²) in [7, 11) is 0. The summed E-state index contributed by atoms with van der Waals surface area (Å²) < 4.78 is 0. The molecule has 1 aliphatic rings. The van der Waals surface area contributed by atoms with E-state index in [0.717, 1.165) is 5.56 Å². The highest BCUT2D eigenvalue weighted by atomic mass is 16.2. The minimum absolute atomic E-state index is 0.177. The first kappa shape index (κ1) is 14.3. The molecule has 3 rings (SSSR count). The van der Waals surface area contributed by atoms with E-state index in [1.807, 2.05) is 42.5 Å². The van der Waals surface area contributed by atoms with E-state index in [1.165, 1.54) is 4.90 Å². The quantitative estimate of drug-likeness (QED) is 0.665. The van der Waals surface area contributed by atoms with Crippen molar-refractivity contribution < 1.29 is 9.59 Å². The van der Waals surface area contributed by atoms with Crippen LogP contribution in [0.15, 0.2) is 54.6 Å². The van der Waals surface area contributed by atoms with E-state index in [0.29, 0.717) is 17.9 Å². The summed E-state index contributed by atoms with van der Waals surface area (Å²) in [5.41, 5.74) is 8.01. The predicted molar refractivity (Wildman–Crippen MR) is 85.0 cm³/mol. The molecular weight excluding hydrogens is 278 g/mol. The lowest BCUT2D eigenvalue weighted by Gasteiger charge is -2.15. The second-order valence-corrected chi connectivity index (χ2v) is 5.29. The summed E-state index contributed by atoms with van der Waals surface area (Å²) in [6, 6.07) is 16.0. The number of nitrogen functional groups attached to an aromatic ring is 1. The van der Waals surface area contributed by atoms with Crippen LogP contribution in [-0.2, 0) is 16.1 Å². The summed E-state index contributed by atoms with van der Waals surface area (Å²) in [6.45, 7) is 0.497. The molecule has 0 spiro atoms. The van der Waals surface area contributed by atoms with Gasteiger partial charge in [0, 0.05) is 12.2 Å². The average molecular weight is 295 g/mol. The van der Waals surface area contributed by atoms with Crippen LogP contribution in [0.5, 0.6) is 0 Å². The Morgan fingerprint density at radius 3 is 2.59 bits per heavy atom. The molecule has 2 amide bonds. The molecule has 3 N–H and O–H groups in total. The van der Waals surface area contributed by atoms with Crippen LogP contribution in [0.1, 0.15) is 12.0 Å². The number of nitrogens with two attached hydrogens (primary N) is 1.